The largest absolute Gasteiger partial charge is 0.491 e. The Balaban J connectivity index is 1.42. The fourth-order valence-electron chi connectivity index (χ4n) is 5.02. The van der Waals surface area contributed by atoms with Crippen LogP contribution in [0.1, 0.15) is 38.8 Å². The zero-order valence-corrected chi connectivity index (χ0v) is 23.8. The molecule has 10 nitrogen and oxygen atoms in total. The molecule has 0 radical (unpaired) electrons. The highest BCUT2D eigenvalue weighted by molar-refractivity contribution is 5.82. The second-order valence-electron chi connectivity index (χ2n) is 11.2. The minimum absolute atomic E-state index is 0.0253. The maximum Gasteiger partial charge on any atom is 0.408 e. The number of benzene rings is 1. The number of nitrogens with one attached hydrogen (secondary N) is 1. The number of nitrogens with zero attached hydrogens (tertiary/aromatic N) is 5. The SMILES string of the molecule is COCCOc1ccc2ccc(-c3nnc4ccc([C@@H](N5CC[C@H](NC(=O)OC(C)(C)C)C5)C(F)(F)F)cn34)nc2c1. The van der Waals surface area contributed by atoms with Gasteiger partial charge in [-0.3, -0.25) is 9.30 Å². The van der Waals surface area contributed by atoms with Gasteiger partial charge in [-0.15, -0.1) is 10.2 Å². The van der Waals surface area contributed by atoms with Crippen molar-refractivity contribution < 1.29 is 32.2 Å². The summed E-state index contributed by atoms with van der Waals surface area (Å²) in [7, 11) is 1.59. The zero-order chi connectivity index (χ0) is 30.1. The zero-order valence-electron chi connectivity index (χ0n) is 23.8. The summed E-state index contributed by atoms with van der Waals surface area (Å²) in [6.45, 7) is 6.19. The van der Waals surface area contributed by atoms with Crippen LogP contribution in [-0.4, -0.2) is 81.8 Å². The molecule has 1 fully saturated rings. The van der Waals surface area contributed by atoms with Crippen LogP contribution in [0.5, 0.6) is 5.75 Å². The van der Waals surface area contributed by atoms with Crippen molar-refractivity contribution in [1.82, 2.24) is 29.8 Å². The van der Waals surface area contributed by atoms with Crippen molar-refractivity contribution in [2.45, 2.75) is 51.1 Å². The molecule has 1 aliphatic heterocycles. The number of carbonyl (C=O) groups excluding carboxylic acids is 1. The van der Waals surface area contributed by atoms with E-state index in [1.807, 2.05) is 18.2 Å². The molecular weight excluding hydrogens is 553 g/mol. The quantitative estimate of drug-likeness (QED) is 0.282. The van der Waals surface area contributed by atoms with Crippen LogP contribution in [0, 0.1) is 0 Å². The highest BCUT2D eigenvalue weighted by atomic mass is 19.4. The molecule has 0 aliphatic carbocycles. The summed E-state index contributed by atoms with van der Waals surface area (Å²) < 4.78 is 61.1. The van der Waals surface area contributed by atoms with Crippen LogP contribution in [0.4, 0.5) is 18.0 Å². The molecule has 4 heterocycles. The number of carbonyl (C=O) groups is 1. The Kier molecular flexibility index (Phi) is 8.24. The Labute approximate surface area is 240 Å². The number of rotatable bonds is 8. The lowest BCUT2D eigenvalue weighted by Gasteiger charge is -2.30. The number of fused-ring (bicyclic) bond motifs is 2. The molecule has 0 saturated carbocycles. The van der Waals surface area contributed by atoms with E-state index in [9.17, 15) is 18.0 Å². The molecule has 1 amide bonds. The molecule has 1 aliphatic rings. The third-order valence-corrected chi connectivity index (χ3v) is 6.81. The van der Waals surface area contributed by atoms with Gasteiger partial charge in [0.05, 0.1) is 12.1 Å². The maximum atomic E-state index is 14.5. The molecule has 224 valence electrons. The Hall–Kier alpha value is -3.97. The lowest BCUT2D eigenvalue weighted by atomic mass is 10.1. The number of ether oxygens (including phenoxy) is 3. The minimum Gasteiger partial charge on any atom is -0.491 e. The molecule has 0 unspecified atom stereocenters. The van der Waals surface area contributed by atoms with Gasteiger partial charge < -0.3 is 19.5 Å². The predicted octanol–water partition coefficient (Wildman–Crippen LogP) is 5.17. The summed E-state index contributed by atoms with van der Waals surface area (Å²) in [4.78, 5) is 18.2. The van der Waals surface area contributed by atoms with Gasteiger partial charge in [0.1, 0.15) is 29.7 Å². The number of alkyl carbamates (subject to hydrolysis) is 1. The molecule has 1 aromatic carbocycles. The molecule has 42 heavy (non-hydrogen) atoms. The van der Waals surface area contributed by atoms with Gasteiger partial charge >= 0.3 is 12.3 Å². The first-order valence-corrected chi connectivity index (χ1v) is 13.6. The number of alkyl halides is 3. The normalized spacial score (nSPS) is 17.1. The van der Waals surface area contributed by atoms with E-state index in [1.54, 1.807) is 40.0 Å². The number of hydrogen-bond acceptors (Lipinski definition) is 8. The van der Waals surface area contributed by atoms with Crippen molar-refractivity contribution in [1.29, 1.82) is 0 Å². The first kappa shape index (κ1) is 29.5. The fraction of sp³-hybridized carbons (Fsp3) is 0.448. The summed E-state index contributed by atoms with van der Waals surface area (Å²) in [6.07, 6.45) is -3.44. The first-order chi connectivity index (χ1) is 19.9. The van der Waals surface area contributed by atoms with Crippen LogP contribution in [0.2, 0.25) is 0 Å². The summed E-state index contributed by atoms with van der Waals surface area (Å²) in [5.41, 5.74) is 0.808. The number of amides is 1. The van der Waals surface area contributed by atoms with Gasteiger partial charge in [-0.25, -0.2) is 9.78 Å². The molecule has 2 atom stereocenters. The molecular formula is C29H33F3N6O4. The number of halogens is 3. The van der Waals surface area contributed by atoms with Gasteiger partial charge in [-0.2, -0.15) is 13.2 Å². The van der Waals surface area contributed by atoms with Gasteiger partial charge in [0.25, 0.3) is 0 Å². The Morgan fingerprint density at radius 1 is 1.10 bits per heavy atom. The van der Waals surface area contributed by atoms with Gasteiger partial charge in [0.2, 0.25) is 0 Å². The fourth-order valence-corrected chi connectivity index (χ4v) is 5.02. The molecule has 3 aromatic heterocycles. The topological polar surface area (TPSA) is 103 Å². The molecule has 13 heteroatoms. The predicted molar refractivity (Wildman–Crippen MR) is 149 cm³/mol. The van der Waals surface area contributed by atoms with Gasteiger partial charge in [-0.1, -0.05) is 12.1 Å². The van der Waals surface area contributed by atoms with E-state index in [0.29, 0.717) is 48.1 Å². The van der Waals surface area contributed by atoms with E-state index < -0.39 is 30.0 Å². The van der Waals surface area contributed by atoms with Crippen LogP contribution < -0.4 is 10.1 Å². The monoisotopic (exact) mass is 586 g/mol. The number of pyridine rings is 2. The number of hydrogen-bond donors (Lipinski definition) is 1. The van der Waals surface area contributed by atoms with Crippen molar-refractivity contribution in [3.8, 4) is 17.3 Å². The van der Waals surface area contributed by atoms with Crippen molar-refractivity contribution in [2.24, 2.45) is 0 Å². The summed E-state index contributed by atoms with van der Waals surface area (Å²) >= 11 is 0. The van der Waals surface area contributed by atoms with Crippen LogP contribution in [0.3, 0.4) is 0 Å². The van der Waals surface area contributed by atoms with E-state index in [0.717, 1.165) is 5.39 Å². The van der Waals surface area contributed by atoms with E-state index in [4.69, 9.17) is 19.2 Å². The van der Waals surface area contributed by atoms with E-state index in [-0.39, 0.29) is 18.7 Å². The average molecular weight is 587 g/mol. The minimum atomic E-state index is -4.57. The Bertz CT molecular complexity index is 1570. The Morgan fingerprint density at radius 3 is 2.62 bits per heavy atom. The van der Waals surface area contributed by atoms with Crippen LogP contribution in [0.15, 0.2) is 48.7 Å². The average Bonchev–Trinajstić information content (AvgIpc) is 3.53. The van der Waals surface area contributed by atoms with E-state index in [2.05, 4.69) is 15.5 Å². The number of aromatic nitrogens is 4. The molecule has 0 spiro atoms. The smallest absolute Gasteiger partial charge is 0.408 e. The second-order valence-corrected chi connectivity index (χ2v) is 11.2. The molecule has 0 bridgehead atoms. The van der Waals surface area contributed by atoms with Crippen LogP contribution in [0.25, 0.3) is 28.1 Å². The van der Waals surface area contributed by atoms with Crippen molar-refractivity contribution >= 4 is 22.6 Å². The lowest BCUT2D eigenvalue weighted by molar-refractivity contribution is -0.184. The molecule has 5 rings (SSSR count). The standard InChI is InChI=1S/C29H33F3N6O4/c1-28(2,3)42-27(39)33-20-11-12-37(17-20)25(29(30,31)32)19-7-10-24-35-36-26(38(24)16-19)22-9-6-18-5-8-21(15-23(18)34-22)41-14-13-40-4/h5-10,15-16,20,25H,11-14,17H2,1-4H3,(H,33,39)/t20-,25+/m0/s1. The Morgan fingerprint density at radius 2 is 1.88 bits per heavy atom. The van der Waals surface area contributed by atoms with E-state index >= 15 is 0 Å². The molecule has 4 aromatic rings. The third kappa shape index (κ3) is 6.73. The molecule has 1 saturated heterocycles. The third-order valence-electron chi connectivity index (χ3n) is 6.81. The van der Waals surface area contributed by atoms with E-state index in [1.165, 1.54) is 27.6 Å². The first-order valence-electron chi connectivity index (χ1n) is 13.6. The summed E-state index contributed by atoms with van der Waals surface area (Å²) in [5, 5.41) is 12.0. The van der Waals surface area contributed by atoms with Gasteiger partial charge in [0, 0.05) is 43.9 Å². The number of likely N-dealkylation sites (tertiary alicyclic amines) is 1. The van der Waals surface area contributed by atoms with Crippen LogP contribution in [-0.2, 0) is 9.47 Å². The van der Waals surface area contributed by atoms with Gasteiger partial charge in [0.15, 0.2) is 11.5 Å². The maximum absolute atomic E-state index is 14.5. The molecule has 1 N–H and O–H groups in total. The van der Waals surface area contributed by atoms with Gasteiger partial charge in [-0.05, 0) is 57.0 Å². The summed E-state index contributed by atoms with van der Waals surface area (Å²) in [5.74, 6) is 0.932. The highest BCUT2D eigenvalue weighted by Gasteiger charge is 2.47. The summed E-state index contributed by atoms with van der Waals surface area (Å²) in [6, 6.07) is 9.69. The lowest BCUT2D eigenvalue weighted by Crippen LogP contribution is -2.42. The van der Waals surface area contributed by atoms with Crippen molar-refractivity contribution in [2.75, 3.05) is 33.4 Å². The number of methoxy groups -OCH3 is 1. The van der Waals surface area contributed by atoms with Crippen molar-refractivity contribution in [3.63, 3.8) is 0 Å². The van der Waals surface area contributed by atoms with Crippen LogP contribution >= 0.6 is 0 Å². The highest BCUT2D eigenvalue weighted by Crippen LogP contribution is 2.40. The second kappa shape index (κ2) is 11.7. The van der Waals surface area contributed by atoms with Crippen molar-refractivity contribution in [3.05, 3.63) is 54.2 Å².